The molecule has 0 spiro atoms. The van der Waals surface area contributed by atoms with Crippen LogP contribution in [0.5, 0.6) is 0 Å². The van der Waals surface area contributed by atoms with Gasteiger partial charge in [-0.25, -0.2) is 4.79 Å². The molecule has 24 heavy (non-hydrogen) atoms. The second-order valence-corrected chi connectivity index (χ2v) is 7.58. The lowest BCUT2D eigenvalue weighted by molar-refractivity contribution is 0.0636. The number of nitrogens with one attached hydrogen (secondary N) is 1. The molecule has 0 aliphatic carbocycles. The zero-order chi connectivity index (χ0) is 17.9. The van der Waals surface area contributed by atoms with Gasteiger partial charge in [0.1, 0.15) is 5.60 Å². The molecule has 6 nitrogen and oxygen atoms in total. The summed E-state index contributed by atoms with van der Waals surface area (Å²) in [5.41, 5.74) is 8.03. The van der Waals surface area contributed by atoms with Crippen LogP contribution in [-0.2, 0) is 4.74 Å². The van der Waals surface area contributed by atoms with Gasteiger partial charge in [-0.2, -0.15) is 0 Å². The number of hydrogen-bond donors (Lipinski definition) is 2. The summed E-state index contributed by atoms with van der Waals surface area (Å²) in [6, 6.07) is 6.18. The van der Waals surface area contributed by atoms with E-state index in [1.807, 2.05) is 32.9 Å². The van der Waals surface area contributed by atoms with Crippen molar-refractivity contribution in [3.8, 4) is 0 Å². The molecule has 1 heterocycles. The first-order valence-corrected chi connectivity index (χ1v) is 8.46. The summed E-state index contributed by atoms with van der Waals surface area (Å²) in [5, 5.41) is 2.78. The third kappa shape index (κ3) is 5.03. The second-order valence-electron chi connectivity index (χ2n) is 7.58. The molecule has 0 radical (unpaired) electrons. The molecule has 1 amide bonds. The number of carbonyl (C=O) groups excluding carboxylic acids is 1. The van der Waals surface area contributed by atoms with Crippen molar-refractivity contribution in [2.45, 2.75) is 45.3 Å². The molecule has 3 N–H and O–H groups in total. The SMILES string of the molecule is CN(C)C1CCN(c2cc(NC(=O)OC(C)(C)C)ccc2N)CC1. The number of anilines is 3. The Labute approximate surface area is 144 Å². The zero-order valence-corrected chi connectivity index (χ0v) is 15.4. The van der Waals surface area contributed by atoms with Crippen molar-refractivity contribution >= 4 is 23.2 Å². The van der Waals surface area contributed by atoms with E-state index in [2.05, 4.69) is 29.2 Å². The molecule has 6 heteroatoms. The predicted molar refractivity (Wildman–Crippen MR) is 99.6 cm³/mol. The fraction of sp³-hybridized carbons (Fsp3) is 0.611. The number of hydrogen-bond acceptors (Lipinski definition) is 5. The molecule has 2 rings (SSSR count). The highest BCUT2D eigenvalue weighted by Gasteiger charge is 2.22. The third-order valence-electron chi connectivity index (χ3n) is 4.21. The molecule has 1 fully saturated rings. The zero-order valence-electron chi connectivity index (χ0n) is 15.4. The van der Waals surface area contributed by atoms with Gasteiger partial charge < -0.3 is 20.3 Å². The first-order chi connectivity index (χ1) is 11.2. The van der Waals surface area contributed by atoms with Gasteiger partial charge in [0.25, 0.3) is 0 Å². The van der Waals surface area contributed by atoms with Crippen LogP contribution in [0, 0.1) is 0 Å². The van der Waals surface area contributed by atoms with E-state index in [0.717, 1.165) is 37.3 Å². The van der Waals surface area contributed by atoms with E-state index in [1.54, 1.807) is 6.07 Å². The van der Waals surface area contributed by atoms with Gasteiger partial charge in [-0.3, -0.25) is 5.32 Å². The Balaban J connectivity index is 2.05. The summed E-state index contributed by atoms with van der Waals surface area (Å²) in [7, 11) is 4.25. The van der Waals surface area contributed by atoms with E-state index in [4.69, 9.17) is 10.5 Å². The number of nitrogens with zero attached hydrogens (tertiary/aromatic N) is 2. The van der Waals surface area contributed by atoms with Crippen LogP contribution in [0.2, 0.25) is 0 Å². The fourth-order valence-electron chi connectivity index (χ4n) is 2.94. The number of ether oxygens (including phenoxy) is 1. The van der Waals surface area contributed by atoms with Crippen molar-refractivity contribution in [2.24, 2.45) is 0 Å². The van der Waals surface area contributed by atoms with E-state index in [1.165, 1.54) is 0 Å². The van der Waals surface area contributed by atoms with Gasteiger partial charge in [-0.1, -0.05) is 0 Å². The summed E-state index contributed by atoms with van der Waals surface area (Å²) < 4.78 is 5.30. The van der Waals surface area contributed by atoms with Crippen LogP contribution in [0.3, 0.4) is 0 Å². The maximum absolute atomic E-state index is 11.9. The maximum Gasteiger partial charge on any atom is 0.412 e. The van der Waals surface area contributed by atoms with Crippen LogP contribution in [0.1, 0.15) is 33.6 Å². The average Bonchev–Trinajstić information content (AvgIpc) is 2.47. The van der Waals surface area contributed by atoms with E-state index in [-0.39, 0.29) is 0 Å². The smallest absolute Gasteiger partial charge is 0.412 e. The molecule has 0 saturated carbocycles. The Kier molecular flexibility index (Phi) is 5.59. The van der Waals surface area contributed by atoms with Gasteiger partial charge in [0, 0.05) is 24.8 Å². The summed E-state index contributed by atoms with van der Waals surface area (Å²) in [6.07, 6.45) is 1.76. The van der Waals surface area contributed by atoms with Crippen LogP contribution in [0.15, 0.2) is 18.2 Å². The van der Waals surface area contributed by atoms with Gasteiger partial charge in [0.2, 0.25) is 0 Å². The molecule has 1 aromatic carbocycles. The van der Waals surface area contributed by atoms with Gasteiger partial charge in [-0.05, 0) is 65.9 Å². The van der Waals surface area contributed by atoms with E-state index < -0.39 is 11.7 Å². The van der Waals surface area contributed by atoms with E-state index in [0.29, 0.717) is 11.7 Å². The van der Waals surface area contributed by atoms with Gasteiger partial charge in [0.05, 0.1) is 11.4 Å². The summed E-state index contributed by atoms with van der Waals surface area (Å²) in [4.78, 5) is 16.5. The molecule has 1 aromatic rings. The topological polar surface area (TPSA) is 70.8 Å². The second kappa shape index (κ2) is 7.30. The molecule has 0 atom stereocenters. The molecule has 1 aliphatic rings. The molecule has 134 valence electrons. The first kappa shape index (κ1) is 18.4. The highest BCUT2D eigenvalue weighted by atomic mass is 16.6. The highest BCUT2D eigenvalue weighted by molar-refractivity contribution is 5.87. The highest BCUT2D eigenvalue weighted by Crippen LogP contribution is 2.30. The Bertz CT molecular complexity index is 573. The van der Waals surface area contributed by atoms with Crippen LogP contribution >= 0.6 is 0 Å². The summed E-state index contributed by atoms with van der Waals surface area (Å²) in [5.74, 6) is 0. The lowest BCUT2D eigenvalue weighted by atomic mass is 10.0. The number of benzene rings is 1. The largest absolute Gasteiger partial charge is 0.444 e. The lowest BCUT2D eigenvalue weighted by Crippen LogP contribution is -2.42. The van der Waals surface area contributed by atoms with Crippen molar-refractivity contribution < 1.29 is 9.53 Å². The summed E-state index contributed by atoms with van der Waals surface area (Å²) >= 11 is 0. The van der Waals surface area contributed by atoms with E-state index >= 15 is 0 Å². The number of amides is 1. The summed E-state index contributed by atoms with van der Waals surface area (Å²) in [6.45, 7) is 7.45. The molecular weight excluding hydrogens is 304 g/mol. The predicted octanol–water partition coefficient (Wildman–Crippen LogP) is 3.15. The number of rotatable bonds is 3. The molecular formula is C18H30N4O2. The maximum atomic E-state index is 11.9. The van der Waals surface area contributed by atoms with Crippen LogP contribution < -0.4 is 16.0 Å². The van der Waals surface area contributed by atoms with Crippen LogP contribution in [0.4, 0.5) is 21.9 Å². The van der Waals surface area contributed by atoms with Crippen LogP contribution in [0.25, 0.3) is 0 Å². The van der Waals surface area contributed by atoms with Gasteiger partial charge in [-0.15, -0.1) is 0 Å². The molecule has 0 aromatic heterocycles. The normalized spacial score (nSPS) is 16.3. The van der Waals surface area contributed by atoms with Crippen molar-refractivity contribution in [2.75, 3.05) is 43.1 Å². The van der Waals surface area contributed by atoms with Crippen molar-refractivity contribution in [1.82, 2.24) is 4.90 Å². The average molecular weight is 334 g/mol. The minimum absolute atomic E-state index is 0.454. The number of nitrogens with two attached hydrogens (primary N) is 1. The standard InChI is InChI=1S/C18H30N4O2/c1-18(2,3)24-17(23)20-13-6-7-15(19)16(12-13)22-10-8-14(9-11-22)21(4)5/h6-7,12,14H,8-11,19H2,1-5H3,(H,20,23). The Hall–Kier alpha value is -1.95. The first-order valence-electron chi connectivity index (χ1n) is 8.46. The van der Waals surface area contributed by atoms with Crippen molar-refractivity contribution in [3.63, 3.8) is 0 Å². The quantitative estimate of drug-likeness (QED) is 0.831. The molecule has 0 bridgehead atoms. The van der Waals surface area contributed by atoms with Gasteiger partial charge >= 0.3 is 6.09 Å². The number of carbonyl (C=O) groups is 1. The minimum Gasteiger partial charge on any atom is -0.444 e. The number of piperidine rings is 1. The van der Waals surface area contributed by atoms with Gasteiger partial charge in [0.15, 0.2) is 0 Å². The Morgan fingerprint density at radius 1 is 1.29 bits per heavy atom. The Morgan fingerprint density at radius 3 is 2.46 bits per heavy atom. The van der Waals surface area contributed by atoms with E-state index in [9.17, 15) is 4.79 Å². The molecule has 1 aliphatic heterocycles. The Morgan fingerprint density at radius 2 is 1.92 bits per heavy atom. The third-order valence-corrected chi connectivity index (χ3v) is 4.21. The minimum atomic E-state index is -0.519. The monoisotopic (exact) mass is 334 g/mol. The lowest BCUT2D eigenvalue weighted by Gasteiger charge is -2.37. The fourth-order valence-corrected chi connectivity index (χ4v) is 2.94. The van der Waals surface area contributed by atoms with Crippen LogP contribution in [-0.4, -0.2) is 49.8 Å². The molecule has 0 unspecified atom stereocenters. The molecule has 1 saturated heterocycles. The number of nitrogen functional groups attached to an aromatic ring is 1. The van der Waals surface area contributed by atoms with Crippen molar-refractivity contribution in [1.29, 1.82) is 0 Å². The van der Waals surface area contributed by atoms with Crippen molar-refractivity contribution in [3.05, 3.63) is 18.2 Å².